The van der Waals surface area contributed by atoms with Crippen LogP contribution in [0.3, 0.4) is 0 Å². The van der Waals surface area contributed by atoms with Gasteiger partial charge in [0.25, 0.3) is 5.91 Å². The zero-order valence-electron chi connectivity index (χ0n) is 19.3. The van der Waals surface area contributed by atoms with Crippen molar-refractivity contribution in [2.75, 3.05) is 31.6 Å². The van der Waals surface area contributed by atoms with Crippen molar-refractivity contribution in [3.8, 4) is 0 Å². The Hall–Kier alpha value is -2.66. The lowest BCUT2D eigenvalue weighted by Gasteiger charge is -2.42. The molecule has 1 amide bonds. The topological polar surface area (TPSA) is 46.6 Å². The van der Waals surface area contributed by atoms with Gasteiger partial charge in [-0.3, -0.25) is 4.79 Å². The van der Waals surface area contributed by atoms with E-state index < -0.39 is 0 Å². The lowest BCUT2D eigenvalue weighted by atomic mass is 10.0. The fourth-order valence-electron chi connectivity index (χ4n) is 4.59. The molecule has 0 aliphatic carbocycles. The van der Waals surface area contributed by atoms with E-state index in [0.717, 1.165) is 42.5 Å². The molecule has 31 heavy (non-hydrogen) atoms. The number of carbonyl (C=O) groups is 2. The molecule has 0 bridgehead atoms. The molecule has 1 aliphatic rings. The van der Waals surface area contributed by atoms with Crippen LogP contribution in [0.1, 0.15) is 54.6 Å². The minimum Gasteiger partial charge on any atom is -0.459 e. The summed E-state index contributed by atoms with van der Waals surface area (Å²) in [6.07, 6.45) is 3.29. The van der Waals surface area contributed by atoms with Gasteiger partial charge < -0.3 is 14.1 Å². The maximum Gasteiger partial charge on any atom is 0.340 e. The molecule has 3 rings (SSSR count). The molecule has 0 unspecified atom stereocenters. The summed E-state index contributed by atoms with van der Waals surface area (Å²) < 4.78 is 6.20. The smallest absolute Gasteiger partial charge is 0.340 e. The van der Waals surface area contributed by atoms with Gasteiger partial charge in [-0.1, -0.05) is 42.5 Å². The van der Waals surface area contributed by atoms with Crippen molar-refractivity contribution in [3.05, 3.63) is 65.2 Å². The maximum atomic E-state index is 13.5. The van der Waals surface area contributed by atoms with Gasteiger partial charge in [0.2, 0.25) is 0 Å². The van der Waals surface area contributed by atoms with E-state index in [2.05, 4.69) is 24.3 Å². The number of benzene rings is 2. The lowest BCUT2D eigenvalue weighted by molar-refractivity contribution is -0.937. The van der Waals surface area contributed by atoms with Crippen LogP contribution in [0.15, 0.2) is 48.5 Å². The summed E-state index contributed by atoms with van der Waals surface area (Å²) in [5.41, 5.74) is 3.24. The Balaban J connectivity index is 1.85. The Bertz CT molecular complexity index is 902. The van der Waals surface area contributed by atoms with Crippen LogP contribution in [0.5, 0.6) is 0 Å². The van der Waals surface area contributed by atoms with E-state index in [0.29, 0.717) is 17.8 Å². The van der Waals surface area contributed by atoms with Crippen LogP contribution < -0.4 is 4.90 Å². The molecule has 5 heteroatoms. The summed E-state index contributed by atoms with van der Waals surface area (Å²) >= 11 is 0. The van der Waals surface area contributed by atoms with Crippen molar-refractivity contribution in [3.63, 3.8) is 0 Å². The van der Waals surface area contributed by atoms with Crippen LogP contribution in [0.25, 0.3) is 0 Å². The summed E-state index contributed by atoms with van der Waals surface area (Å²) in [5.74, 6) is -0.356. The second-order valence-corrected chi connectivity index (χ2v) is 9.03. The minimum atomic E-state index is -0.389. The number of rotatable bonds is 7. The molecule has 166 valence electrons. The van der Waals surface area contributed by atoms with E-state index in [9.17, 15) is 9.59 Å². The van der Waals surface area contributed by atoms with E-state index in [1.807, 2.05) is 39.0 Å². The van der Waals surface area contributed by atoms with E-state index >= 15 is 0 Å². The highest BCUT2D eigenvalue weighted by Crippen LogP contribution is 2.28. The molecule has 2 aromatic carbocycles. The van der Waals surface area contributed by atoms with Crippen molar-refractivity contribution < 1.29 is 18.8 Å². The molecule has 0 N–H and O–H groups in total. The van der Waals surface area contributed by atoms with Crippen molar-refractivity contribution in [1.29, 1.82) is 0 Å². The number of esters is 1. The number of amides is 1. The Labute approximate surface area is 186 Å². The molecule has 1 aliphatic heterocycles. The standard InChI is InChI=1S/C26H35N2O3/c1-20(2)31-26(30)23-15-11-12-21(3)25(23)27(4)24(29)19-28(16-9-6-10-17-28)18-22-13-7-5-8-14-22/h5,7-8,11-15,20H,6,9-10,16-19H2,1-4H3/q+1. The summed E-state index contributed by atoms with van der Waals surface area (Å²) in [6.45, 7) is 8.89. The van der Waals surface area contributed by atoms with Crippen molar-refractivity contribution in [1.82, 2.24) is 0 Å². The number of ether oxygens (including phenoxy) is 1. The van der Waals surface area contributed by atoms with Crippen LogP contribution in [0, 0.1) is 6.92 Å². The minimum absolute atomic E-state index is 0.0331. The van der Waals surface area contributed by atoms with Crippen LogP contribution >= 0.6 is 0 Å². The molecule has 0 saturated carbocycles. The van der Waals surface area contributed by atoms with Gasteiger partial charge in [0.1, 0.15) is 6.54 Å². The van der Waals surface area contributed by atoms with Gasteiger partial charge in [0, 0.05) is 12.6 Å². The highest BCUT2D eigenvalue weighted by molar-refractivity contribution is 6.03. The van der Waals surface area contributed by atoms with E-state index in [1.54, 1.807) is 18.0 Å². The first kappa shape index (κ1) is 23.0. The average Bonchev–Trinajstić information content (AvgIpc) is 2.73. The maximum absolute atomic E-state index is 13.5. The molecule has 1 heterocycles. The quantitative estimate of drug-likeness (QED) is 0.478. The highest BCUT2D eigenvalue weighted by atomic mass is 16.5. The third-order valence-corrected chi connectivity index (χ3v) is 6.11. The van der Waals surface area contributed by atoms with E-state index in [1.165, 1.54) is 12.0 Å². The number of likely N-dealkylation sites (N-methyl/N-ethyl adjacent to an activating group) is 1. The number of anilines is 1. The number of quaternary nitrogens is 1. The first-order valence-corrected chi connectivity index (χ1v) is 11.3. The summed E-state index contributed by atoms with van der Waals surface area (Å²) in [4.78, 5) is 27.9. The zero-order chi connectivity index (χ0) is 22.4. The molecule has 0 spiro atoms. The zero-order valence-corrected chi connectivity index (χ0v) is 19.3. The second-order valence-electron chi connectivity index (χ2n) is 9.03. The monoisotopic (exact) mass is 423 g/mol. The van der Waals surface area contributed by atoms with Crippen molar-refractivity contribution in [2.24, 2.45) is 0 Å². The SMILES string of the molecule is Cc1cccc(C(=O)OC(C)C)c1N(C)C(=O)C[N+]1(Cc2ccccc2)CCCCC1. The molecular weight excluding hydrogens is 388 g/mol. The number of hydrogen-bond acceptors (Lipinski definition) is 3. The molecular formula is C26H35N2O3+. The number of carbonyl (C=O) groups excluding carboxylic acids is 2. The Morgan fingerprint density at radius 3 is 2.32 bits per heavy atom. The van der Waals surface area contributed by atoms with Gasteiger partial charge in [-0.15, -0.1) is 0 Å². The number of hydrogen-bond donors (Lipinski definition) is 0. The van der Waals surface area contributed by atoms with Gasteiger partial charge in [0.15, 0.2) is 6.54 Å². The van der Waals surface area contributed by atoms with E-state index in [4.69, 9.17) is 4.74 Å². The summed E-state index contributed by atoms with van der Waals surface area (Å²) in [6, 6.07) is 15.9. The predicted molar refractivity (Wildman–Crippen MR) is 124 cm³/mol. The van der Waals surface area contributed by atoms with Crippen molar-refractivity contribution >= 4 is 17.6 Å². The molecule has 0 aromatic heterocycles. The highest BCUT2D eigenvalue weighted by Gasteiger charge is 2.35. The van der Waals surface area contributed by atoms with Gasteiger partial charge in [0.05, 0.1) is 30.4 Å². The molecule has 0 atom stereocenters. The fraction of sp³-hybridized carbons (Fsp3) is 0.462. The first-order chi connectivity index (χ1) is 14.8. The number of likely N-dealkylation sites (tertiary alicyclic amines) is 1. The van der Waals surface area contributed by atoms with Crippen LogP contribution in [0.2, 0.25) is 0 Å². The van der Waals surface area contributed by atoms with Gasteiger partial charge >= 0.3 is 5.97 Å². The van der Waals surface area contributed by atoms with Crippen LogP contribution in [0.4, 0.5) is 5.69 Å². The Kier molecular flexibility index (Phi) is 7.50. The number of piperidine rings is 1. The fourth-order valence-corrected chi connectivity index (χ4v) is 4.59. The number of aryl methyl sites for hydroxylation is 1. The number of para-hydroxylation sites is 1. The third-order valence-electron chi connectivity index (χ3n) is 6.11. The van der Waals surface area contributed by atoms with E-state index in [-0.39, 0.29) is 18.0 Å². The summed E-state index contributed by atoms with van der Waals surface area (Å²) in [7, 11) is 1.78. The second kappa shape index (κ2) is 10.1. The van der Waals surface area contributed by atoms with Crippen LogP contribution in [-0.2, 0) is 16.1 Å². The van der Waals surface area contributed by atoms with Gasteiger partial charge in [-0.2, -0.15) is 0 Å². The molecule has 1 saturated heterocycles. The van der Waals surface area contributed by atoms with Gasteiger partial charge in [-0.05, 0) is 51.7 Å². The number of nitrogens with zero attached hydrogens (tertiary/aromatic N) is 2. The first-order valence-electron chi connectivity index (χ1n) is 11.3. The largest absolute Gasteiger partial charge is 0.459 e. The normalized spacial score (nSPS) is 15.5. The Morgan fingerprint density at radius 1 is 1.00 bits per heavy atom. The molecule has 5 nitrogen and oxygen atoms in total. The van der Waals surface area contributed by atoms with Crippen LogP contribution in [-0.4, -0.2) is 49.1 Å². The van der Waals surface area contributed by atoms with Crippen molar-refractivity contribution in [2.45, 2.75) is 52.7 Å². The summed E-state index contributed by atoms with van der Waals surface area (Å²) in [5, 5.41) is 0. The lowest BCUT2D eigenvalue weighted by Crippen LogP contribution is -2.55. The average molecular weight is 424 g/mol. The van der Waals surface area contributed by atoms with Gasteiger partial charge in [-0.25, -0.2) is 4.79 Å². The predicted octanol–water partition coefficient (Wildman–Crippen LogP) is 4.72. The molecule has 2 aromatic rings. The molecule has 0 radical (unpaired) electrons. The molecule has 1 fully saturated rings. The third kappa shape index (κ3) is 5.73. The Morgan fingerprint density at radius 2 is 1.68 bits per heavy atom.